The van der Waals surface area contributed by atoms with Crippen LogP contribution in [0, 0.1) is 12.8 Å². The zero-order valence-corrected chi connectivity index (χ0v) is 24.4. The third-order valence-electron chi connectivity index (χ3n) is 5.83. The number of ether oxygens (including phenoxy) is 1. The van der Waals surface area contributed by atoms with Crippen molar-refractivity contribution in [2.24, 2.45) is 5.92 Å². The number of aryl methyl sites for hydroxylation is 1. The Labute approximate surface area is 228 Å². The summed E-state index contributed by atoms with van der Waals surface area (Å²) in [5.74, 6) is -0.508. The van der Waals surface area contributed by atoms with Crippen LogP contribution >= 0.6 is 0 Å². The fourth-order valence-corrected chi connectivity index (χ4v) is 4.30. The summed E-state index contributed by atoms with van der Waals surface area (Å²) >= 11 is 0. The largest absolute Gasteiger partial charge is 0.444 e. The maximum absolute atomic E-state index is 14.3. The molecule has 0 radical (unpaired) electrons. The molecule has 3 amide bonds. The number of hydrogen-bond acceptors (Lipinski definition) is 4. The molecule has 2 rings (SSSR count). The third-order valence-corrected chi connectivity index (χ3v) is 5.83. The lowest BCUT2D eigenvalue weighted by molar-refractivity contribution is -0.148. The minimum absolute atomic E-state index is 0.116. The van der Waals surface area contributed by atoms with Crippen LogP contribution in [0.2, 0.25) is 0 Å². The third kappa shape index (κ3) is 9.51. The lowest BCUT2D eigenvalue weighted by Crippen LogP contribution is -2.58. The number of alkyl carbamates (subject to hydrolysis) is 1. The number of amides is 3. The van der Waals surface area contributed by atoms with E-state index in [1.807, 2.05) is 96.1 Å². The number of hydrogen-bond donors (Lipinski definition) is 2. The topological polar surface area (TPSA) is 87.7 Å². The molecule has 7 nitrogen and oxygen atoms in total. The summed E-state index contributed by atoms with van der Waals surface area (Å²) in [5.41, 5.74) is 1.21. The molecule has 0 fully saturated rings. The molecule has 0 aliphatic rings. The van der Waals surface area contributed by atoms with E-state index >= 15 is 0 Å². The fourth-order valence-electron chi connectivity index (χ4n) is 4.30. The van der Waals surface area contributed by atoms with Crippen molar-refractivity contribution >= 4 is 17.9 Å². The molecule has 0 bridgehead atoms. The van der Waals surface area contributed by atoms with Crippen LogP contribution in [0.5, 0.6) is 0 Å². The van der Waals surface area contributed by atoms with Gasteiger partial charge in [0.2, 0.25) is 11.8 Å². The maximum Gasteiger partial charge on any atom is 0.408 e. The van der Waals surface area contributed by atoms with Crippen molar-refractivity contribution in [3.63, 3.8) is 0 Å². The highest BCUT2D eigenvalue weighted by molar-refractivity contribution is 5.92. The van der Waals surface area contributed by atoms with Gasteiger partial charge in [-0.25, -0.2) is 4.79 Å². The van der Waals surface area contributed by atoms with Gasteiger partial charge in [0.1, 0.15) is 17.7 Å². The van der Waals surface area contributed by atoms with Crippen molar-refractivity contribution in [2.75, 3.05) is 0 Å². The monoisotopic (exact) mass is 523 g/mol. The molecule has 2 aromatic rings. The summed E-state index contributed by atoms with van der Waals surface area (Å²) in [6, 6.07) is 15.5. The van der Waals surface area contributed by atoms with Crippen LogP contribution in [0.1, 0.15) is 84.5 Å². The van der Waals surface area contributed by atoms with E-state index in [1.54, 1.807) is 25.7 Å². The van der Waals surface area contributed by atoms with Gasteiger partial charge in [-0.2, -0.15) is 0 Å². The van der Waals surface area contributed by atoms with Crippen LogP contribution in [0.25, 0.3) is 0 Å². The van der Waals surface area contributed by atoms with Gasteiger partial charge < -0.3 is 20.3 Å². The molecule has 0 saturated heterocycles. The van der Waals surface area contributed by atoms with Crippen LogP contribution in [0.3, 0.4) is 0 Å². The quantitative estimate of drug-likeness (QED) is 0.427. The number of benzene rings is 2. The predicted molar refractivity (Wildman–Crippen MR) is 151 cm³/mol. The smallest absolute Gasteiger partial charge is 0.408 e. The normalized spacial score (nSPS) is 13.4. The molecular weight excluding hydrogens is 478 g/mol. The van der Waals surface area contributed by atoms with Gasteiger partial charge in [-0.1, -0.05) is 74.0 Å². The van der Waals surface area contributed by atoms with Crippen molar-refractivity contribution < 1.29 is 19.1 Å². The van der Waals surface area contributed by atoms with Gasteiger partial charge in [0.25, 0.3) is 0 Å². The molecule has 0 saturated carbocycles. The van der Waals surface area contributed by atoms with E-state index in [0.717, 1.165) is 11.1 Å². The molecular formula is C31H45N3O4. The van der Waals surface area contributed by atoms with Gasteiger partial charge in [-0.3, -0.25) is 9.59 Å². The van der Waals surface area contributed by atoms with Crippen molar-refractivity contribution in [2.45, 2.75) is 98.5 Å². The van der Waals surface area contributed by atoms with Gasteiger partial charge in [-0.05, 0) is 71.9 Å². The molecule has 0 aliphatic heterocycles. The van der Waals surface area contributed by atoms with E-state index in [-0.39, 0.29) is 17.7 Å². The van der Waals surface area contributed by atoms with Gasteiger partial charge in [0.05, 0.1) is 0 Å². The molecule has 2 N–H and O–H groups in total. The van der Waals surface area contributed by atoms with Crippen molar-refractivity contribution in [3.05, 3.63) is 71.3 Å². The van der Waals surface area contributed by atoms with Gasteiger partial charge in [0, 0.05) is 12.1 Å². The SMILES string of the molecule is Cc1cccc(C(C(=O)NCc2ccccc2)N(C(=O)C(CC(C)C)NC(=O)OC(C)(C)C)C(C)(C)C)c1. The highest BCUT2D eigenvalue weighted by atomic mass is 16.6. The Bertz CT molecular complexity index is 1080. The second-order valence-electron chi connectivity index (χ2n) is 12.2. The van der Waals surface area contributed by atoms with Crippen LogP contribution < -0.4 is 10.6 Å². The molecule has 7 heteroatoms. The summed E-state index contributed by atoms with van der Waals surface area (Å²) in [5, 5.41) is 5.82. The molecule has 0 aromatic heterocycles. The molecule has 0 aliphatic carbocycles. The Balaban J connectivity index is 2.51. The number of rotatable bonds is 9. The number of nitrogens with zero attached hydrogens (tertiary/aromatic N) is 1. The summed E-state index contributed by atoms with van der Waals surface area (Å²) in [6.45, 7) is 17.3. The Kier molecular flexibility index (Phi) is 10.5. The molecule has 0 spiro atoms. The van der Waals surface area contributed by atoms with E-state index in [4.69, 9.17) is 4.74 Å². The Morgan fingerprint density at radius 1 is 0.921 bits per heavy atom. The maximum atomic E-state index is 14.3. The van der Waals surface area contributed by atoms with E-state index in [0.29, 0.717) is 18.5 Å². The summed E-state index contributed by atoms with van der Waals surface area (Å²) in [4.78, 5) is 42.5. The minimum Gasteiger partial charge on any atom is -0.444 e. The standard InChI is InChI=1S/C31H45N3O4/c1-21(2)18-25(33-29(37)38-31(7,8)9)28(36)34(30(4,5)6)26(24-17-13-14-22(3)19-24)27(35)32-20-23-15-11-10-12-16-23/h10-17,19,21,25-26H,18,20H2,1-9H3,(H,32,35)(H,33,37). The Hall–Kier alpha value is -3.35. The zero-order chi connectivity index (χ0) is 28.7. The van der Waals surface area contributed by atoms with Gasteiger partial charge in [0.15, 0.2) is 0 Å². The molecule has 0 heterocycles. The van der Waals surface area contributed by atoms with Crippen LogP contribution in [0.15, 0.2) is 54.6 Å². The van der Waals surface area contributed by atoms with Gasteiger partial charge >= 0.3 is 6.09 Å². The molecule has 2 unspecified atom stereocenters. The van der Waals surface area contributed by atoms with Crippen molar-refractivity contribution in [1.82, 2.24) is 15.5 Å². The van der Waals surface area contributed by atoms with E-state index in [1.165, 1.54) is 0 Å². The first-order valence-corrected chi connectivity index (χ1v) is 13.3. The Morgan fingerprint density at radius 3 is 2.08 bits per heavy atom. The molecule has 2 atom stereocenters. The first-order chi connectivity index (χ1) is 17.6. The first kappa shape index (κ1) is 30.9. The highest BCUT2D eigenvalue weighted by Crippen LogP contribution is 2.31. The van der Waals surface area contributed by atoms with E-state index in [9.17, 15) is 14.4 Å². The van der Waals surface area contributed by atoms with Gasteiger partial charge in [-0.15, -0.1) is 0 Å². The average molecular weight is 524 g/mol. The van der Waals surface area contributed by atoms with Crippen LogP contribution in [-0.2, 0) is 20.9 Å². The second kappa shape index (κ2) is 12.9. The number of carbonyl (C=O) groups excluding carboxylic acids is 3. The van der Waals surface area contributed by atoms with E-state index < -0.39 is 29.3 Å². The summed E-state index contributed by atoms with van der Waals surface area (Å²) in [7, 11) is 0. The van der Waals surface area contributed by atoms with Crippen molar-refractivity contribution in [3.8, 4) is 0 Å². The highest BCUT2D eigenvalue weighted by Gasteiger charge is 2.42. The lowest BCUT2D eigenvalue weighted by atomic mass is 9.93. The fraction of sp³-hybridized carbons (Fsp3) is 0.516. The van der Waals surface area contributed by atoms with Crippen LogP contribution in [-0.4, -0.2) is 40.0 Å². The predicted octanol–water partition coefficient (Wildman–Crippen LogP) is 5.92. The molecule has 208 valence electrons. The summed E-state index contributed by atoms with van der Waals surface area (Å²) in [6.07, 6.45) is -0.261. The molecule has 2 aromatic carbocycles. The first-order valence-electron chi connectivity index (χ1n) is 13.3. The number of carbonyl (C=O) groups is 3. The lowest BCUT2D eigenvalue weighted by Gasteiger charge is -2.43. The average Bonchev–Trinajstić information content (AvgIpc) is 2.78. The minimum atomic E-state index is -0.902. The zero-order valence-electron chi connectivity index (χ0n) is 24.4. The Morgan fingerprint density at radius 2 is 1.55 bits per heavy atom. The second-order valence-corrected chi connectivity index (χ2v) is 12.2. The summed E-state index contributed by atoms with van der Waals surface area (Å²) < 4.78 is 5.46. The molecule has 38 heavy (non-hydrogen) atoms. The number of nitrogens with one attached hydrogen (secondary N) is 2. The van der Waals surface area contributed by atoms with Crippen molar-refractivity contribution in [1.29, 1.82) is 0 Å². The van der Waals surface area contributed by atoms with Crippen LogP contribution in [0.4, 0.5) is 4.79 Å². The van der Waals surface area contributed by atoms with E-state index in [2.05, 4.69) is 10.6 Å².